The Kier molecular flexibility index (Phi) is 7.69. The van der Waals surface area contributed by atoms with Crippen molar-refractivity contribution in [2.75, 3.05) is 37.9 Å². The molecule has 1 aliphatic heterocycles. The Labute approximate surface area is 180 Å². The summed E-state index contributed by atoms with van der Waals surface area (Å²) in [5, 5.41) is 2.51. The molecule has 28 heavy (non-hydrogen) atoms. The molecule has 0 atom stereocenters. The van der Waals surface area contributed by atoms with E-state index in [1.165, 1.54) is 17.4 Å². The monoisotopic (exact) mass is 464 g/mol. The van der Waals surface area contributed by atoms with Gasteiger partial charge in [-0.2, -0.15) is 0 Å². The summed E-state index contributed by atoms with van der Waals surface area (Å²) >= 11 is 7.25. The van der Waals surface area contributed by atoms with Crippen LogP contribution in [0.3, 0.4) is 0 Å². The number of hydrogen-bond donors (Lipinski definition) is 1. The summed E-state index contributed by atoms with van der Waals surface area (Å²) in [6.07, 6.45) is 0.587. The first kappa shape index (κ1) is 22.9. The highest BCUT2D eigenvalue weighted by molar-refractivity contribution is 7.93. The number of likely N-dealkylation sites (N-methyl/N-ethyl adjacent to an activating group) is 1. The summed E-state index contributed by atoms with van der Waals surface area (Å²) in [5.41, 5.74) is 1.25. The molecule has 2 aromatic rings. The lowest BCUT2D eigenvalue weighted by Crippen LogP contribution is -2.49. The minimum absolute atomic E-state index is 0. The van der Waals surface area contributed by atoms with Crippen molar-refractivity contribution in [3.8, 4) is 0 Å². The Bertz CT molecular complexity index is 950. The first-order valence-electron chi connectivity index (χ1n) is 8.45. The fraction of sp³-hybridized carbons (Fsp3) is 0.412. The number of carbonyl (C=O) groups excluding carboxylic acids is 1. The molecule has 1 aromatic heterocycles. The summed E-state index contributed by atoms with van der Waals surface area (Å²) in [7, 11) is -1.83. The van der Waals surface area contributed by atoms with Crippen LogP contribution in [0.15, 0.2) is 28.5 Å². The third kappa shape index (κ3) is 5.36. The molecule has 11 heteroatoms. The van der Waals surface area contributed by atoms with Gasteiger partial charge in [0.05, 0.1) is 17.1 Å². The van der Waals surface area contributed by atoms with E-state index in [9.17, 15) is 13.2 Å². The third-order valence-electron chi connectivity index (χ3n) is 4.43. The molecule has 2 heterocycles. The zero-order chi connectivity index (χ0) is 19.6. The Morgan fingerprint density at radius 1 is 1.32 bits per heavy atom. The topological polar surface area (TPSA) is 82.6 Å². The zero-order valence-corrected chi connectivity index (χ0v) is 18.7. The Morgan fingerprint density at radius 2 is 2.07 bits per heavy atom. The lowest BCUT2D eigenvalue weighted by molar-refractivity contribution is -0.135. The van der Waals surface area contributed by atoms with E-state index in [4.69, 9.17) is 11.6 Å². The second kappa shape index (κ2) is 9.41. The van der Waals surface area contributed by atoms with E-state index in [2.05, 4.69) is 9.71 Å². The number of amides is 1. The number of sulfonamides is 1. The van der Waals surface area contributed by atoms with Crippen LogP contribution in [0, 0.1) is 6.92 Å². The summed E-state index contributed by atoms with van der Waals surface area (Å²) in [6, 6.07) is 4.76. The van der Waals surface area contributed by atoms with Gasteiger partial charge in [0.25, 0.3) is 10.0 Å². The average molecular weight is 465 g/mol. The fourth-order valence-electron chi connectivity index (χ4n) is 2.83. The van der Waals surface area contributed by atoms with Crippen LogP contribution in [0.4, 0.5) is 5.13 Å². The molecule has 0 aliphatic carbocycles. The molecule has 1 aromatic carbocycles. The van der Waals surface area contributed by atoms with Crippen LogP contribution in [-0.4, -0.2) is 62.3 Å². The predicted octanol–water partition coefficient (Wildman–Crippen LogP) is 2.64. The maximum absolute atomic E-state index is 12.6. The molecule has 154 valence electrons. The number of rotatable bonds is 6. The quantitative estimate of drug-likeness (QED) is 0.710. The van der Waals surface area contributed by atoms with Gasteiger partial charge < -0.3 is 4.90 Å². The number of carbonyl (C=O) groups is 1. The number of halogens is 2. The van der Waals surface area contributed by atoms with Gasteiger partial charge >= 0.3 is 0 Å². The minimum Gasteiger partial charge on any atom is -0.340 e. The van der Waals surface area contributed by atoms with Crippen molar-refractivity contribution in [3.05, 3.63) is 39.9 Å². The molecule has 0 spiro atoms. The van der Waals surface area contributed by atoms with Gasteiger partial charge in [0.15, 0.2) is 5.13 Å². The number of hydrogen-bond acceptors (Lipinski definition) is 6. The lowest BCUT2D eigenvalue weighted by Gasteiger charge is -2.31. The van der Waals surface area contributed by atoms with E-state index in [0.717, 1.165) is 12.2 Å². The van der Waals surface area contributed by atoms with E-state index in [0.29, 0.717) is 41.8 Å². The maximum atomic E-state index is 12.6. The fourth-order valence-corrected chi connectivity index (χ4v) is 5.33. The van der Waals surface area contributed by atoms with Crippen molar-refractivity contribution < 1.29 is 13.2 Å². The summed E-state index contributed by atoms with van der Waals surface area (Å²) in [4.78, 5) is 20.3. The van der Waals surface area contributed by atoms with Crippen LogP contribution in [0.5, 0.6) is 0 Å². The molecule has 1 N–H and O–H groups in total. The smallest absolute Gasteiger partial charge is 0.263 e. The van der Waals surface area contributed by atoms with E-state index in [1.807, 2.05) is 22.2 Å². The van der Waals surface area contributed by atoms with Crippen LogP contribution in [-0.2, 0) is 21.2 Å². The standard InChI is InChI=1S/C17H21ClN4O3S2.ClH/c1-12-14(18)4-3-5-15(12)27(24,25)20-17-19-13(11-26-17)6-7-22-9-8-21(2)10-16(22)23;/h3-5,11H,6-10H2,1-2H3,(H,19,20);1H. The summed E-state index contributed by atoms with van der Waals surface area (Å²) in [5.74, 6) is 0.108. The van der Waals surface area contributed by atoms with Gasteiger partial charge in [0.1, 0.15) is 0 Å². The maximum Gasteiger partial charge on any atom is 0.263 e. The van der Waals surface area contributed by atoms with Crippen molar-refractivity contribution in [1.82, 2.24) is 14.8 Å². The van der Waals surface area contributed by atoms with Crippen molar-refractivity contribution in [1.29, 1.82) is 0 Å². The Hall–Kier alpha value is -1.39. The number of nitrogens with zero attached hydrogens (tertiary/aromatic N) is 3. The first-order chi connectivity index (χ1) is 12.8. The summed E-state index contributed by atoms with van der Waals surface area (Å²) in [6.45, 7) is 4.23. The van der Waals surface area contributed by atoms with Gasteiger partial charge in [-0.1, -0.05) is 17.7 Å². The highest BCUT2D eigenvalue weighted by atomic mass is 35.5. The average Bonchev–Trinajstić information content (AvgIpc) is 3.03. The van der Waals surface area contributed by atoms with Crippen molar-refractivity contribution in [2.45, 2.75) is 18.2 Å². The van der Waals surface area contributed by atoms with Crippen LogP contribution < -0.4 is 4.72 Å². The molecule has 1 saturated heterocycles. The molecule has 1 amide bonds. The number of benzene rings is 1. The number of nitrogens with one attached hydrogen (secondary N) is 1. The van der Waals surface area contributed by atoms with Gasteiger partial charge in [-0.25, -0.2) is 13.4 Å². The number of piperazine rings is 1. The molecular weight excluding hydrogens is 443 g/mol. The molecule has 0 radical (unpaired) electrons. The van der Waals surface area contributed by atoms with Crippen LogP contribution >= 0.6 is 35.3 Å². The highest BCUT2D eigenvalue weighted by Crippen LogP contribution is 2.26. The summed E-state index contributed by atoms with van der Waals surface area (Å²) < 4.78 is 27.7. The van der Waals surface area contributed by atoms with Gasteiger partial charge in [-0.3, -0.25) is 14.4 Å². The van der Waals surface area contributed by atoms with E-state index in [1.54, 1.807) is 19.1 Å². The molecule has 1 aliphatic rings. The Balaban J connectivity index is 0.00000280. The minimum atomic E-state index is -3.76. The van der Waals surface area contributed by atoms with Gasteiger partial charge in [0.2, 0.25) is 5.91 Å². The largest absolute Gasteiger partial charge is 0.340 e. The third-order valence-corrected chi connectivity index (χ3v) is 7.26. The van der Waals surface area contributed by atoms with Crippen LogP contribution in [0.25, 0.3) is 0 Å². The predicted molar refractivity (Wildman–Crippen MR) is 114 cm³/mol. The van der Waals surface area contributed by atoms with Crippen molar-refractivity contribution in [3.63, 3.8) is 0 Å². The molecule has 0 unspecified atom stereocenters. The van der Waals surface area contributed by atoms with Gasteiger partial charge in [-0.05, 0) is 31.7 Å². The van der Waals surface area contributed by atoms with E-state index >= 15 is 0 Å². The molecule has 7 nitrogen and oxygen atoms in total. The van der Waals surface area contributed by atoms with Crippen molar-refractivity contribution >= 4 is 56.4 Å². The zero-order valence-electron chi connectivity index (χ0n) is 15.5. The first-order valence-corrected chi connectivity index (χ1v) is 11.2. The molecular formula is C17H22Cl2N4O3S2. The molecule has 0 bridgehead atoms. The Morgan fingerprint density at radius 3 is 2.79 bits per heavy atom. The normalized spacial score (nSPS) is 15.4. The number of thiazole rings is 1. The molecule has 0 saturated carbocycles. The van der Waals surface area contributed by atoms with E-state index in [-0.39, 0.29) is 23.2 Å². The second-order valence-electron chi connectivity index (χ2n) is 6.48. The SMILES string of the molecule is Cc1c(Cl)cccc1S(=O)(=O)Nc1nc(CCN2CCN(C)CC2=O)cs1.Cl. The number of anilines is 1. The highest BCUT2D eigenvalue weighted by Gasteiger charge is 2.22. The lowest BCUT2D eigenvalue weighted by atomic mass is 10.2. The van der Waals surface area contributed by atoms with Gasteiger partial charge in [-0.15, -0.1) is 23.7 Å². The molecule has 3 rings (SSSR count). The molecule has 1 fully saturated rings. The second-order valence-corrected chi connectivity index (χ2v) is 9.40. The van der Waals surface area contributed by atoms with Crippen molar-refractivity contribution in [2.24, 2.45) is 0 Å². The van der Waals surface area contributed by atoms with E-state index < -0.39 is 10.0 Å². The van der Waals surface area contributed by atoms with Crippen LogP contribution in [0.1, 0.15) is 11.3 Å². The number of aromatic nitrogens is 1. The van der Waals surface area contributed by atoms with Crippen LogP contribution in [0.2, 0.25) is 5.02 Å². The van der Waals surface area contributed by atoms with Gasteiger partial charge in [0, 0.05) is 36.5 Å².